The van der Waals surface area contributed by atoms with E-state index in [-0.39, 0.29) is 11.9 Å². The zero-order chi connectivity index (χ0) is 18.0. The topological polar surface area (TPSA) is 23.6 Å². The Labute approximate surface area is 143 Å². The largest absolute Gasteiger partial charge is 0.375 e. The Morgan fingerprint density at radius 2 is 1.67 bits per heavy atom. The van der Waals surface area contributed by atoms with Crippen molar-refractivity contribution in [2.45, 2.75) is 33.7 Å². The first-order valence-corrected chi connectivity index (χ1v) is 8.10. The van der Waals surface area contributed by atoms with Crippen molar-refractivity contribution in [3.8, 4) is 0 Å². The fourth-order valence-corrected chi connectivity index (χ4v) is 2.74. The van der Waals surface area contributed by atoms with E-state index >= 15 is 0 Å². The summed E-state index contributed by atoms with van der Waals surface area (Å²) in [5.74, 6) is -0.585. The third-order valence-corrected chi connectivity index (χ3v) is 4.04. The van der Waals surface area contributed by atoms with Crippen LogP contribution in [0.15, 0.2) is 36.4 Å². The molecule has 0 saturated carbocycles. The number of anilines is 2. The lowest BCUT2D eigenvalue weighted by Crippen LogP contribution is -2.37. The van der Waals surface area contributed by atoms with Crippen molar-refractivity contribution >= 4 is 17.3 Å². The van der Waals surface area contributed by atoms with Crippen molar-refractivity contribution in [1.82, 2.24) is 0 Å². The van der Waals surface area contributed by atoms with Crippen molar-refractivity contribution in [2.24, 2.45) is 0 Å². The quantitative estimate of drug-likeness (QED) is 0.821. The third-order valence-electron chi connectivity index (χ3n) is 4.04. The number of halogens is 1. The van der Waals surface area contributed by atoms with Crippen LogP contribution in [0.4, 0.5) is 15.8 Å². The molecule has 0 unspecified atom stereocenters. The number of carbonyl (C=O) groups excluding carboxylic acids is 1. The second-order valence-corrected chi connectivity index (χ2v) is 6.62. The van der Waals surface area contributed by atoms with E-state index in [2.05, 4.69) is 0 Å². The lowest BCUT2D eigenvalue weighted by Gasteiger charge is -2.29. The highest BCUT2D eigenvalue weighted by Crippen LogP contribution is 2.27. The molecule has 0 fully saturated rings. The van der Waals surface area contributed by atoms with Crippen molar-refractivity contribution < 1.29 is 9.18 Å². The average molecular weight is 328 g/mol. The highest BCUT2D eigenvalue weighted by atomic mass is 19.1. The Morgan fingerprint density at radius 1 is 1.00 bits per heavy atom. The van der Waals surface area contributed by atoms with Crippen LogP contribution in [0, 0.1) is 19.7 Å². The van der Waals surface area contributed by atoms with Crippen LogP contribution in [0.1, 0.15) is 35.3 Å². The smallest absolute Gasteiger partial charge is 0.258 e. The minimum atomic E-state index is -0.393. The Bertz CT molecular complexity index is 753. The van der Waals surface area contributed by atoms with Crippen molar-refractivity contribution in [2.75, 3.05) is 23.9 Å². The molecule has 24 heavy (non-hydrogen) atoms. The summed E-state index contributed by atoms with van der Waals surface area (Å²) in [7, 11) is 3.55. The van der Waals surface area contributed by atoms with Gasteiger partial charge in [-0.3, -0.25) is 4.79 Å². The minimum Gasteiger partial charge on any atom is -0.375 e. The number of nitrogens with zero attached hydrogens (tertiary/aromatic N) is 2. The molecule has 2 aromatic rings. The van der Waals surface area contributed by atoms with Crippen molar-refractivity contribution in [3.63, 3.8) is 0 Å². The van der Waals surface area contributed by atoms with Gasteiger partial charge in [-0.1, -0.05) is 12.1 Å². The van der Waals surface area contributed by atoms with Gasteiger partial charge in [0, 0.05) is 31.4 Å². The van der Waals surface area contributed by atoms with E-state index in [1.54, 1.807) is 36.0 Å². The van der Waals surface area contributed by atoms with Gasteiger partial charge in [0.2, 0.25) is 0 Å². The van der Waals surface area contributed by atoms with Gasteiger partial charge in [0.05, 0.1) is 5.69 Å². The molecule has 0 saturated heterocycles. The molecule has 0 spiro atoms. The van der Waals surface area contributed by atoms with Crippen molar-refractivity contribution in [3.05, 3.63) is 58.9 Å². The maximum atomic E-state index is 14.3. The predicted molar refractivity (Wildman–Crippen MR) is 98.6 cm³/mol. The molecule has 0 radical (unpaired) electrons. The summed E-state index contributed by atoms with van der Waals surface area (Å²) in [4.78, 5) is 16.4. The number of aryl methyl sites for hydroxylation is 2. The zero-order valence-corrected chi connectivity index (χ0v) is 15.2. The van der Waals surface area contributed by atoms with Crippen LogP contribution in [0.5, 0.6) is 0 Å². The Balaban J connectivity index is 2.47. The van der Waals surface area contributed by atoms with Gasteiger partial charge in [0.1, 0.15) is 5.82 Å². The van der Waals surface area contributed by atoms with Gasteiger partial charge in [-0.2, -0.15) is 0 Å². The van der Waals surface area contributed by atoms with E-state index in [1.165, 1.54) is 6.07 Å². The first-order valence-electron chi connectivity index (χ1n) is 8.10. The first-order chi connectivity index (χ1) is 11.2. The third kappa shape index (κ3) is 3.58. The molecule has 0 aliphatic rings. The molecule has 0 N–H and O–H groups in total. The summed E-state index contributed by atoms with van der Waals surface area (Å²) in [6.07, 6.45) is 0. The summed E-state index contributed by atoms with van der Waals surface area (Å²) >= 11 is 0. The number of rotatable bonds is 4. The molecule has 0 aromatic heterocycles. The number of hydrogen-bond acceptors (Lipinski definition) is 2. The van der Waals surface area contributed by atoms with Crippen LogP contribution in [-0.4, -0.2) is 26.0 Å². The molecule has 0 aliphatic carbocycles. The maximum absolute atomic E-state index is 14.3. The highest BCUT2D eigenvalue weighted by molar-refractivity contribution is 6.07. The Hall–Kier alpha value is -2.36. The summed E-state index contributed by atoms with van der Waals surface area (Å²) in [5.41, 5.74) is 3.80. The molecule has 1 amide bonds. The van der Waals surface area contributed by atoms with Gasteiger partial charge in [-0.05, 0) is 63.1 Å². The predicted octanol–water partition coefficient (Wildman–Crippen LogP) is 4.56. The van der Waals surface area contributed by atoms with Crippen LogP contribution in [-0.2, 0) is 0 Å². The van der Waals surface area contributed by atoms with E-state index in [1.807, 2.05) is 45.9 Å². The molecule has 2 rings (SSSR count). The van der Waals surface area contributed by atoms with E-state index < -0.39 is 5.82 Å². The minimum absolute atomic E-state index is 0.0328. The maximum Gasteiger partial charge on any atom is 0.258 e. The van der Waals surface area contributed by atoms with Gasteiger partial charge in [-0.25, -0.2) is 4.39 Å². The van der Waals surface area contributed by atoms with Gasteiger partial charge >= 0.3 is 0 Å². The SMILES string of the molecule is Cc1ccc(C)c(N(C(=O)c2ccc(N(C)C)c(F)c2)C(C)C)c1. The van der Waals surface area contributed by atoms with Crippen LogP contribution in [0.25, 0.3) is 0 Å². The molecule has 0 bridgehead atoms. The lowest BCUT2D eigenvalue weighted by atomic mass is 10.1. The monoisotopic (exact) mass is 328 g/mol. The molecule has 4 heteroatoms. The number of hydrogen-bond donors (Lipinski definition) is 0. The molecule has 0 aliphatic heterocycles. The molecule has 0 heterocycles. The van der Waals surface area contributed by atoms with Gasteiger partial charge in [0.25, 0.3) is 5.91 Å². The first kappa shape index (κ1) is 18.0. The molecule has 0 atom stereocenters. The standard InChI is InChI=1S/C20H25FN2O/c1-13(2)23(19-11-14(3)7-8-15(19)4)20(24)16-9-10-18(22(5)6)17(21)12-16/h7-13H,1-6H3. The summed E-state index contributed by atoms with van der Waals surface area (Å²) < 4.78 is 14.3. The van der Waals surface area contributed by atoms with Crippen LogP contribution in [0.2, 0.25) is 0 Å². The fourth-order valence-electron chi connectivity index (χ4n) is 2.74. The molecule has 2 aromatic carbocycles. The summed E-state index contributed by atoms with van der Waals surface area (Å²) in [6, 6.07) is 10.6. The summed E-state index contributed by atoms with van der Waals surface area (Å²) in [6.45, 7) is 7.90. The average Bonchev–Trinajstić information content (AvgIpc) is 2.50. The summed E-state index contributed by atoms with van der Waals surface area (Å²) in [5, 5.41) is 0. The van der Waals surface area contributed by atoms with Crippen molar-refractivity contribution in [1.29, 1.82) is 0 Å². The van der Waals surface area contributed by atoms with E-state index in [4.69, 9.17) is 0 Å². The normalized spacial score (nSPS) is 10.8. The fraction of sp³-hybridized carbons (Fsp3) is 0.350. The van der Waals surface area contributed by atoms with E-state index in [9.17, 15) is 9.18 Å². The van der Waals surface area contributed by atoms with Gasteiger partial charge in [-0.15, -0.1) is 0 Å². The Kier molecular flexibility index (Phi) is 5.27. The number of carbonyl (C=O) groups is 1. The highest BCUT2D eigenvalue weighted by Gasteiger charge is 2.23. The van der Waals surface area contributed by atoms with E-state index in [0.29, 0.717) is 11.3 Å². The lowest BCUT2D eigenvalue weighted by molar-refractivity contribution is 0.0979. The van der Waals surface area contributed by atoms with Gasteiger partial charge in [0.15, 0.2) is 0 Å². The zero-order valence-electron chi connectivity index (χ0n) is 15.2. The van der Waals surface area contributed by atoms with Gasteiger partial charge < -0.3 is 9.80 Å². The number of amides is 1. The van der Waals surface area contributed by atoms with Crippen LogP contribution < -0.4 is 9.80 Å². The molecular formula is C20H25FN2O. The Morgan fingerprint density at radius 3 is 2.21 bits per heavy atom. The second-order valence-electron chi connectivity index (χ2n) is 6.62. The molecule has 128 valence electrons. The number of benzene rings is 2. The van der Waals surface area contributed by atoms with E-state index in [0.717, 1.165) is 16.8 Å². The van der Waals surface area contributed by atoms with Crippen LogP contribution in [0.3, 0.4) is 0 Å². The second kappa shape index (κ2) is 7.04. The molecular weight excluding hydrogens is 303 g/mol. The van der Waals surface area contributed by atoms with Crippen LogP contribution >= 0.6 is 0 Å². The molecule has 3 nitrogen and oxygen atoms in total.